The molecule has 1 amide bonds. The maximum Gasteiger partial charge on any atom is 0.275 e. The fraction of sp³-hybridized carbons (Fsp3) is 0.133. The van der Waals surface area contributed by atoms with Crippen LogP contribution in [0.1, 0.15) is 16.1 Å². The zero-order valence-corrected chi connectivity index (χ0v) is 12.7. The van der Waals surface area contributed by atoms with E-state index in [2.05, 4.69) is 15.4 Å². The quantitative estimate of drug-likeness (QED) is 0.774. The van der Waals surface area contributed by atoms with E-state index in [9.17, 15) is 4.79 Å². The van der Waals surface area contributed by atoms with Gasteiger partial charge in [-0.1, -0.05) is 12.1 Å². The van der Waals surface area contributed by atoms with Gasteiger partial charge < -0.3 is 10.4 Å². The Morgan fingerprint density at radius 2 is 2.32 bits per heavy atom. The van der Waals surface area contributed by atoms with Crippen molar-refractivity contribution in [3.63, 3.8) is 0 Å². The first-order valence-corrected chi connectivity index (χ1v) is 7.49. The Kier molecular flexibility index (Phi) is 3.99. The summed E-state index contributed by atoms with van der Waals surface area (Å²) in [6.07, 6.45) is 3.57. The molecule has 22 heavy (non-hydrogen) atoms. The lowest BCUT2D eigenvalue weighted by Crippen LogP contribution is -2.12. The van der Waals surface area contributed by atoms with E-state index in [0.29, 0.717) is 11.4 Å². The summed E-state index contributed by atoms with van der Waals surface area (Å²) in [6.45, 7) is -0.0639. The van der Waals surface area contributed by atoms with Crippen LogP contribution in [0.25, 0.3) is 10.6 Å². The number of carbonyl (C=O) groups excluding carboxylic acids is 1. The number of rotatable bonds is 4. The molecule has 2 aromatic heterocycles. The Hall–Kier alpha value is -2.51. The number of nitrogens with zero attached hydrogens (tertiary/aromatic N) is 3. The number of aliphatic hydroxyl groups is 1. The molecule has 0 unspecified atom stereocenters. The van der Waals surface area contributed by atoms with Crippen molar-refractivity contribution in [2.75, 3.05) is 5.32 Å². The highest BCUT2D eigenvalue weighted by atomic mass is 32.1. The van der Waals surface area contributed by atoms with Crippen LogP contribution in [0, 0.1) is 0 Å². The van der Waals surface area contributed by atoms with Gasteiger partial charge in [0.1, 0.15) is 10.7 Å². The minimum absolute atomic E-state index is 0.0639. The van der Waals surface area contributed by atoms with Crippen molar-refractivity contribution in [3.05, 3.63) is 53.3 Å². The van der Waals surface area contributed by atoms with E-state index in [-0.39, 0.29) is 12.5 Å². The predicted octanol–water partition coefficient (Wildman–Crippen LogP) is 2.29. The molecular weight excluding hydrogens is 300 g/mol. The van der Waals surface area contributed by atoms with Crippen LogP contribution in [0.2, 0.25) is 0 Å². The van der Waals surface area contributed by atoms with Gasteiger partial charge in [-0.15, -0.1) is 11.3 Å². The smallest absolute Gasteiger partial charge is 0.275 e. The van der Waals surface area contributed by atoms with E-state index < -0.39 is 0 Å². The minimum Gasteiger partial charge on any atom is -0.392 e. The number of carbonyl (C=O) groups is 1. The first kappa shape index (κ1) is 14.4. The summed E-state index contributed by atoms with van der Waals surface area (Å²) in [5.41, 5.74) is 2.62. The number of nitrogens with one attached hydrogen (secondary N) is 1. The fourth-order valence-electron chi connectivity index (χ4n) is 1.98. The molecule has 1 aromatic carbocycles. The molecule has 112 valence electrons. The van der Waals surface area contributed by atoms with Crippen LogP contribution >= 0.6 is 11.3 Å². The summed E-state index contributed by atoms with van der Waals surface area (Å²) >= 11 is 1.40. The largest absolute Gasteiger partial charge is 0.392 e. The molecule has 0 spiro atoms. The van der Waals surface area contributed by atoms with Crippen molar-refractivity contribution >= 4 is 22.9 Å². The molecule has 2 heterocycles. The van der Waals surface area contributed by atoms with Crippen LogP contribution in [0.3, 0.4) is 0 Å². The van der Waals surface area contributed by atoms with Gasteiger partial charge in [0.2, 0.25) is 0 Å². The normalized spacial score (nSPS) is 10.6. The summed E-state index contributed by atoms with van der Waals surface area (Å²) in [5.74, 6) is -0.276. The molecule has 0 saturated heterocycles. The Labute approximate surface area is 131 Å². The molecule has 3 aromatic rings. The third kappa shape index (κ3) is 3.05. The lowest BCUT2D eigenvalue weighted by Gasteiger charge is -2.04. The molecule has 0 aliphatic heterocycles. The van der Waals surface area contributed by atoms with Gasteiger partial charge in [-0.2, -0.15) is 5.10 Å². The van der Waals surface area contributed by atoms with Gasteiger partial charge in [0.25, 0.3) is 5.91 Å². The number of thiazole rings is 1. The van der Waals surface area contributed by atoms with Crippen molar-refractivity contribution in [3.8, 4) is 10.6 Å². The second kappa shape index (κ2) is 6.08. The second-order valence-corrected chi connectivity index (χ2v) is 5.61. The number of benzene rings is 1. The highest BCUT2D eigenvalue weighted by Gasteiger charge is 2.13. The summed E-state index contributed by atoms with van der Waals surface area (Å²) in [7, 11) is 1.83. The van der Waals surface area contributed by atoms with Gasteiger partial charge in [-0.25, -0.2) is 4.98 Å². The van der Waals surface area contributed by atoms with E-state index in [1.165, 1.54) is 11.3 Å². The Bertz CT molecular complexity index is 809. The molecule has 0 saturated carbocycles. The van der Waals surface area contributed by atoms with E-state index in [1.54, 1.807) is 40.5 Å². The van der Waals surface area contributed by atoms with Gasteiger partial charge in [-0.05, 0) is 17.7 Å². The summed E-state index contributed by atoms with van der Waals surface area (Å²) in [5, 5.41) is 18.5. The molecule has 0 fully saturated rings. The Morgan fingerprint density at radius 1 is 1.45 bits per heavy atom. The van der Waals surface area contributed by atoms with Crippen LogP contribution in [-0.4, -0.2) is 25.8 Å². The fourth-order valence-corrected chi connectivity index (χ4v) is 2.76. The molecule has 2 N–H and O–H groups in total. The first-order chi connectivity index (χ1) is 10.7. The van der Waals surface area contributed by atoms with Crippen molar-refractivity contribution < 1.29 is 9.90 Å². The van der Waals surface area contributed by atoms with E-state index in [1.807, 2.05) is 13.2 Å². The lowest BCUT2D eigenvalue weighted by molar-refractivity contribution is 0.102. The monoisotopic (exact) mass is 314 g/mol. The molecule has 6 nitrogen and oxygen atoms in total. The van der Waals surface area contributed by atoms with Crippen LogP contribution in [-0.2, 0) is 13.7 Å². The maximum absolute atomic E-state index is 12.2. The average Bonchev–Trinajstić information content (AvgIpc) is 3.16. The number of hydrogen-bond acceptors (Lipinski definition) is 5. The molecule has 0 radical (unpaired) electrons. The van der Waals surface area contributed by atoms with Crippen LogP contribution in [0.4, 0.5) is 5.69 Å². The number of hydrogen-bond donors (Lipinski definition) is 2. The van der Waals surface area contributed by atoms with Crippen LogP contribution < -0.4 is 5.32 Å². The third-order valence-corrected chi connectivity index (χ3v) is 3.95. The first-order valence-electron chi connectivity index (χ1n) is 6.61. The zero-order valence-electron chi connectivity index (χ0n) is 11.9. The molecule has 0 bridgehead atoms. The number of aryl methyl sites for hydroxylation is 1. The number of aliphatic hydroxyl groups excluding tert-OH is 1. The second-order valence-electron chi connectivity index (χ2n) is 4.75. The predicted molar refractivity (Wildman–Crippen MR) is 84.6 cm³/mol. The topological polar surface area (TPSA) is 80.0 Å². The van der Waals surface area contributed by atoms with Crippen molar-refractivity contribution in [2.24, 2.45) is 7.05 Å². The van der Waals surface area contributed by atoms with Gasteiger partial charge in [0.05, 0.1) is 12.8 Å². The van der Waals surface area contributed by atoms with Gasteiger partial charge in [0.15, 0.2) is 0 Å². The van der Waals surface area contributed by atoms with Crippen molar-refractivity contribution in [1.29, 1.82) is 0 Å². The highest BCUT2D eigenvalue weighted by Crippen LogP contribution is 2.23. The third-order valence-electron chi connectivity index (χ3n) is 3.06. The number of aromatic nitrogens is 3. The zero-order chi connectivity index (χ0) is 15.5. The average molecular weight is 314 g/mol. The van der Waals surface area contributed by atoms with Gasteiger partial charge in [0, 0.05) is 29.9 Å². The van der Waals surface area contributed by atoms with Crippen LogP contribution in [0.5, 0.6) is 0 Å². The van der Waals surface area contributed by atoms with E-state index >= 15 is 0 Å². The van der Waals surface area contributed by atoms with Crippen molar-refractivity contribution in [2.45, 2.75) is 6.61 Å². The van der Waals surface area contributed by atoms with Gasteiger partial charge in [-0.3, -0.25) is 9.48 Å². The van der Waals surface area contributed by atoms with E-state index in [4.69, 9.17) is 5.11 Å². The standard InChI is InChI=1S/C15H14N4O2S/c1-19-7-11(6-16-19)15-18-13(9-22-15)14(21)17-12-4-2-3-10(5-12)8-20/h2-7,9,20H,8H2,1H3,(H,17,21). The minimum atomic E-state index is -0.276. The highest BCUT2D eigenvalue weighted by molar-refractivity contribution is 7.13. The molecule has 0 atom stereocenters. The maximum atomic E-state index is 12.2. The molecule has 0 aliphatic carbocycles. The SMILES string of the molecule is Cn1cc(-c2nc(C(=O)Nc3cccc(CO)c3)cs2)cn1. The summed E-state index contributed by atoms with van der Waals surface area (Å²) in [4.78, 5) is 16.5. The van der Waals surface area contributed by atoms with Crippen LogP contribution in [0.15, 0.2) is 42.0 Å². The van der Waals surface area contributed by atoms with Gasteiger partial charge >= 0.3 is 0 Å². The molecular formula is C15H14N4O2S. The number of anilines is 1. The Balaban J connectivity index is 1.76. The molecule has 7 heteroatoms. The summed E-state index contributed by atoms with van der Waals surface area (Å²) < 4.78 is 1.69. The summed E-state index contributed by atoms with van der Waals surface area (Å²) in [6, 6.07) is 7.07. The van der Waals surface area contributed by atoms with Crippen molar-refractivity contribution in [1.82, 2.24) is 14.8 Å². The lowest BCUT2D eigenvalue weighted by atomic mass is 10.2. The Morgan fingerprint density at radius 3 is 3.05 bits per heavy atom. The molecule has 3 rings (SSSR count). The molecule has 0 aliphatic rings. The number of amides is 1. The van der Waals surface area contributed by atoms with E-state index in [0.717, 1.165) is 16.1 Å².